The van der Waals surface area contributed by atoms with Crippen LogP contribution in [0.25, 0.3) is 11.1 Å². The Labute approximate surface area is 280 Å². The molecule has 1 heteroatoms. The molecule has 0 amide bonds. The van der Waals surface area contributed by atoms with E-state index >= 15 is 0 Å². The molecule has 0 spiro atoms. The topological polar surface area (TPSA) is 0 Å². The van der Waals surface area contributed by atoms with Crippen LogP contribution in [0.5, 0.6) is 0 Å². The summed E-state index contributed by atoms with van der Waals surface area (Å²) in [6.45, 7) is 19.3. The number of hydrogen-bond donors (Lipinski definition) is 0. The van der Waals surface area contributed by atoms with Crippen molar-refractivity contribution >= 4 is 3.21 Å². The van der Waals surface area contributed by atoms with Crippen molar-refractivity contribution in [2.24, 2.45) is 23.7 Å². The minimum absolute atomic E-state index is 0.429. The molecule has 0 aliphatic heterocycles. The van der Waals surface area contributed by atoms with Crippen LogP contribution < -0.4 is 0 Å². The molecule has 0 aromatic heterocycles. The van der Waals surface area contributed by atoms with Gasteiger partial charge in [-0.25, -0.2) is 0 Å². The molecule has 0 N–H and O–H groups in total. The van der Waals surface area contributed by atoms with Gasteiger partial charge in [-0.2, -0.15) is 0 Å². The van der Waals surface area contributed by atoms with Crippen LogP contribution in [0.3, 0.4) is 0 Å². The van der Waals surface area contributed by atoms with E-state index in [-0.39, 0.29) is 0 Å². The van der Waals surface area contributed by atoms with E-state index in [1.807, 2.05) is 0 Å². The standard InChI is InChI=1S/C17H17.C14H23.C13H10.Zr/c1-3-12-5-7-16-14(9-12)11-15-10-13(4-2)6-8-17(15)16;1-9(2)12-7-8-13(10(3)4)14(12)11(5)6;1-3-7-12(8-4-1)11-13-9-5-2-6-10-13;/h5-11H,3-4H2,1-2H3;7,9-11,13H,1-6H3;1-10H;. The molecule has 0 radical (unpaired) electrons. The van der Waals surface area contributed by atoms with Crippen LogP contribution in [0.1, 0.15) is 92.4 Å². The van der Waals surface area contributed by atoms with Gasteiger partial charge in [-0.15, -0.1) is 0 Å². The fourth-order valence-corrected chi connectivity index (χ4v) is 18.2. The summed E-state index contributed by atoms with van der Waals surface area (Å²) < 4.78 is 3.88. The molecule has 0 saturated heterocycles. The van der Waals surface area contributed by atoms with E-state index in [9.17, 15) is 0 Å². The Hall–Kier alpha value is -2.89. The van der Waals surface area contributed by atoms with Crippen molar-refractivity contribution in [2.45, 2.75) is 71.9 Å². The van der Waals surface area contributed by atoms with E-state index in [0.29, 0.717) is 27.3 Å². The van der Waals surface area contributed by atoms with Crippen molar-refractivity contribution in [3.63, 3.8) is 0 Å². The third kappa shape index (κ3) is 5.92. The zero-order chi connectivity index (χ0) is 31.8. The van der Waals surface area contributed by atoms with E-state index in [4.69, 9.17) is 0 Å². The van der Waals surface area contributed by atoms with Crippen molar-refractivity contribution in [1.82, 2.24) is 0 Å². The fourth-order valence-electron chi connectivity index (χ4n) is 8.10. The van der Waals surface area contributed by atoms with Gasteiger partial charge in [0, 0.05) is 0 Å². The van der Waals surface area contributed by atoms with Crippen molar-refractivity contribution in [3.8, 4) is 11.1 Å². The van der Waals surface area contributed by atoms with E-state index in [2.05, 4.69) is 159 Å². The number of allylic oxidation sites excluding steroid dienone is 4. The van der Waals surface area contributed by atoms with E-state index in [0.717, 1.165) is 12.8 Å². The number of aryl methyl sites for hydroxylation is 2. The van der Waals surface area contributed by atoms with E-state index in [1.54, 1.807) is 28.8 Å². The van der Waals surface area contributed by atoms with Crippen LogP contribution in [0.4, 0.5) is 0 Å². The van der Waals surface area contributed by atoms with Crippen LogP contribution in [-0.2, 0) is 34.1 Å². The summed E-state index contributed by atoms with van der Waals surface area (Å²) in [7, 11) is 0. The van der Waals surface area contributed by atoms with Crippen molar-refractivity contribution < 1.29 is 21.3 Å². The maximum atomic E-state index is 2.76. The van der Waals surface area contributed by atoms with Crippen LogP contribution in [0.15, 0.2) is 118 Å². The number of rotatable bonds is 9. The van der Waals surface area contributed by atoms with Crippen LogP contribution >= 0.6 is 0 Å². The van der Waals surface area contributed by atoms with Gasteiger partial charge in [-0.05, 0) is 0 Å². The average Bonchev–Trinajstić information content (AvgIpc) is 3.61. The Morgan fingerprint density at radius 2 is 1.11 bits per heavy atom. The second-order valence-electron chi connectivity index (χ2n) is 14.0. The molecule has 0 bridgehead atoms. The van der Waals surface area contributed by atoms with Gasteiger partial charge in [0.15, 0.2) is 0 Å². The zero-order valence-corrected chi connectivity index (χ0v) is 31.1. The van der Waals surface area contributed by atoms with Gasteiger partial charge in [-0.1, -0.05) is 0 Å². The first-order valence-corrected chi connectivity index (χ1v) is 21.2. The maximum absolute atomic E-state index is 2.88. The summed E-state index contributed by atoms with van der Waals surface area (Å²) in [5, 5.41) is 0. The number of hydrogen-bond acceptors (Lipinski definition) is 0. The first-order valence-electron chi connectivity index (χ1n) is 17.3. The van der Waals surface area contributed by atoms with Crippen molar-refractivity contribution in [3.05, 3.63) is 151 Å². The Bertz CT molecular complexity index is 1680. The molecule has 0 fully saturated rings. The van der Waals surface area contributed by atoms with Gasteiger partial charge in [0.1, 0.15) is 0 Å². The van der Waals surface area contributed by atoms with Gasteiger partial charge in [0.05, 0.1) is 0 Å². The molecule has 6 rings (SSSR count). The zero-order valence-electron chi connectivity index (χ0n) is 28.6. The number of benzene rings is 4. The Balaban J connectivity index is 1.79. The normalized spacial score (nSPS) is 16.1. The van der Waals surface area contributed by atoms with Gasteiger partial charge in [-0.3, -0.25) is 0 Å². The molecule has 4 aromatic carbocycles. The molecule has 45 heavy (non-hydrogen) atoms. The fraction of sp³-hybridized carbons (Fsp3) is 0.341. The molecule has 1 unspecified atom stereocenters. The predicted molar refractivity (Wildman–Crippen MR) is 192 cm³/mol. The molecule has 4 aromatic rings. The molecular formula is C44H50Zr. The van der Waals surface area contributed by atoms with Crippen molar-refractivity contribution in [2.75, 3.05) is 0 Å². The molecular weight excluding hydrogens is 620 g/mol. The predicted octanol–water partition coefficient (Wildman–Crippen LogP) is 11.5. The summed E-state index contributed by atoms with van der Waals surface area (Å²) >= 11 is -2.88. The SMILES string of the molecule is CCc1ccc2c(c1)[CH]([Zr]([C]1=CC(C(C)C)=C(C(C)C)C1C(C)C)=[C](c1ccccc1)c1ccccc1)c1cc(CC)ccc1-2. The van der Waals surface area contributed by atoms with E-state index < -0.39 is 21.3 Å². The quantitative estimate of drug-likeness (QED) is 0.166. The first kappa shape index (κ1) is 32.1. The second kappa shape index (κ2) is 13.5. The first-order chi connectivity index (χ1) is 21.7. The minimum atomic E-state index is -2.88. The Kier molecular flexibility index (Phi) is 9.59. The summed E-state index contributed by atoms with van der Waals surface area (Å²) in [5.41, 5.74) is 15.2. The van der Waals surface area contributed by atoms with Gasteiger partial charge in [0.2, 0.25) is 0 Å². The van der Waals surface area contributed by atoms with Gasteiger partial charge < -0.3 is 0 Å². The third-order valence-corrected chi connectivity index (χ3v) is 18.5. The van der Waals surface area contributed by atoms with Gasteiger partial charge in [0.25, 0.3) is 0 Å². The molecule has 230 valence electrons. The molecule has 0 saturated carbocycles. The van der Waals surface area contributed by atoms with E-state index in [1.165, 1.54) is 33.4 Å². The molecule has 2 aliphatic rings. The van der Waals surface area contributed by atoms with Crippen molar-refractivity contribution in [1.29, 1.82) is 0 Å². The molecule has 0 nitrogen and oxygen atoms in total. The van der Waals surface area contributed by atoms with Crippen LogP contribution in [0.2, 0.25) is 0 Å². The molecule has 2 aliphatic carbocycles. The average molecular weight is 670 g/mol. The van der Waals surface area contributed by atoms with Crippen LogP contribution in [-0.4, -0.2) is 3.21 Å². The summed E-state index contributed by atoms with van der Waals surface area (Å²) in [6, 6.07) is 37.8. The summed E-state index contributed by atoms with van der Waals surface area (Å²) in [5.74, 6) is 2.10. The summed E-state index contributed by atoms with van der Waals surface area (Å²) in [4.78, 5) is 0. The summed E-state index contributed by atoms with van der Waals surface area (Å²) in [6.07, 6.45) is 4.89. The number of fused-ring (bicyclic) bond motifs is 3. The Morgan fingerprint density at radius 3 is 1.51 bits per heavy atom. The molecule has 0 heterocycles. The Morgan fingerprint density at radius 1 is 0.622 bits per heavy atom. The molecule has 1 atom stereocenters. The second-order valence-corrected chi connectivity index (χ2v) is 20.1. The van der Waals surface area contributed by atoms with Gasteiger partial charge >= 0.3 is 282 Å². The third-order valence-electron chi connectivity index (χ3n) is 10.2. The van der Waals surface area contributed by atoms with Crippen LogP contribution in [0, 0.1) is 23.7 Å². The monoisotopic (exact) mass is 668 g/mol.